The van der Waals surface area contributed by atoms with Gasteiger partial charge in [-0.25, -0.2) is 9.40 Å². The molecule has 0 aromatic carbocycles. The zero-order valence-corrected chi connectivity index (χ0v) is 12.9. The van der Waals surface area contributed by atoms with Crippen LogP contribution < -0.4 is 0 Å². The Labute approximate surface area is 127 Å². The second-order valence-electron chi connectivity index (χ2n) is 4.61. The Morgan fingerprint density at radius 3 is 2.59 bits per heavy atom. The SMILES string of the molecule is C/N=N\N(C(C)F)[C@@H]1C=CO[C@H](COC(C)=O)[C@@H]1OC(C)=O. The van der Waals surface area contributed by atoms with Crippen molar-refractivity contribution in [2.75, 3.05) is 13.7 Å². The number of esters is 2. The van der Waals surface area contributed by atoms with Crippen molar-refractivity contribution in [1.82, 2.24) is 5.01 Å². The normalized spacial score (nSPS) is 25.4. The molecular formula is C13H20FN3O5. The molecule has 0 radical (unpaired) electrons. The molecule has 0 N–H and O–H groups in total. The quantitative estimate of drug-likeness (QED) is 0.318. The Balaban J connectivity index is 3.00. The highest BCUT2D eigenvalue weighted by molar-refractivity contribution is 5.66. The van der Waals surface area contributed by atoms with E-state index in [4.69, 9.17) is 14.2 Å². The van der Waals surface area contributed by atoms with E-state index in [1.165, 1.54) is 40.2 Å². The fourth-order valence-corrected chi connectivity index (χ4v) is 2.01. The third-order valence-corrected chi connectivity index (χ3v) is 2.85. The van der Waals surface area contributed by atoms with E-state index in [1.807, 2.05) is 0 Å². The standard InChI is InChI=1S/C13H20FN3O5/c1-8(14)17(16-15-4)11-5-6-20-12(7-21-9(2)18)13(11)22-10(3)19/h5-6,8,11-13H,7H2,1-4H3/b16-15-/t8?,11-,12-,13-/m1/s1. The van der Waals surface area contributed by atoms with E-state index >= 15 is 0 Å². The molecule has 124 valence electrons. The lowest BCUT2D eigenvalue weighted by molar-refractivity contribution is -0.168. The van der Waals surface area contributed by atoms with Crippen LogP contribution >= 0.6 is 0 Å². The van der Waals surface area contributed by atoms with Gasteiger partial charge in [0.2, 0.25) is 0 Å². The molecule has 1 rings (SSSR count). The average Bonchev–Trinajstić information content (AvgIpc) is 2.43. The maximum atomic E-state index is 13.8. The van der Waals surface area contributed by atoms with Crippen LogP contribution in [0.5, 0.6) is 0 Å². The van der Waals surface area contributed by atoms with E-state index in [0.29, 0.717) is 0 Å². The Bertz CT molecular complexity index is 455. The van der Waals surface area contributed by atoms with Crippen molar-refractivity contribution in [3.05, 3.63) is 12.3 Å². The molecule has 1 unspecified atom stereocenters. The van der Waals surface area contributed by atoms with Gasteiger partial charge in [0, 0.05) is 13.8 Å². The van der Waals surface area contributed by atoms with Crippen LogP contribution in [0.4, 0.5) is 4.39 Å². The lowest BCUT2D eigenvalue weighted by Gasteiger charge is -2.38. The van der Waals surface area contributed by atoms with E-state index in [-0.39, 0.29) is 6.61 Å². The molecule has 0 aromatic heterocycles. The van der Waals surface area contributed by atoms with Crippen molar-refractivity contribution in [1.29, 1.82) is 0 Å². The number of halogens is 1. The van der Waals surface area contributed by atoms with Crippen LogP contribution in [0.25, 0.3) is 0 Å². The Morgan fingerprint density at radius 2 is 2.09 bits per heavy atom. The molecule has 8 nitrogen and oxygen atoms in total. The minimum Gasteiger partial charge on any atom is -0.491 e. The topological polar surface area (TPSA) is 89.8 Å². The smallest absolute Gasteiger partial charge is 0.303 e. The summed E-state index contributed by atoms with van der Waals surface area (Å²) in [6.45, 7) is 3.62. The first-order chi connectivity index (χ1) is 10.4. The van der Waals surface area contributed by atoms with Gasteiger partial charge in [-0.1, -0.05) is 5.22 Å². The predicted molar refractivity (Wildman–Crippen MR) is 73.2 cm³/mol. The highest BCUT2D eigenvalue weighted by Crippen LogP contribution is 2.24. The molecule has 0 spiro atoms. The highest BCUT2D eigenvalue weighted by atomic mass is 19.1. The number of hydrogen-bond acceptors (Lipinski definition) is 7. The summed E-state index contributed by atoms with van der Waals surface area (Å²) in [4.78, 5) is 22.2. The maximum Gasteiger partial charge on any atom is 0.303 e. The van der Waals surface area contributed by atoms with E-state index in [2.05, 4.69) is 10.3 Å². The number of carbonyl (C=O) groups is 2. The Kier molecular flexibility index (Phi) is 6.74. The van der Waals surface area contributed by atoms with Crippen molar-refractivity contribution in [2.24, 2.45) is 10.3 Å². The number of hydrogen-bond donors (Lipinski definition) is 0. The third-order valence-electron chi connectivity index (χ3n) is 2.85. The van der Waals surface area contributed by atoms with Gasteiger partial charge >= 0.3 is 11.9 Å². The van der Waals surface area contributed by atoms with Gasteiger partial charge in [-0.3, -0.25) is 9.59 Å². The maximum absolute atomic E-state index is 13.8. The van der Waals surface area contributed by atoms with Crippen molar-refractivity contribution in [3.8, 4) is 0 Å². The van der Waals surface area contributed by atoms with Crippen molar-refractivity contribution in [2.45, 2.75) is 45.3 Å². The third kappa shape index (κ3) is 4.97. The summed E-state index contributed by atoms with van der Waals surface area (Å²) < 4.78 is 29.2. The van der Waals surface area contributed by atoms with Crippen LogP contribution in [-0.2, 0) is 23.8 Å². The Morgan fingerprint density at radius 1 is 1.41 bits per heavy atom. The van der Waals surface area contributed by atoms with Crippen molar-refractivity contribution in [3.63, 3.8) is 0 Å². The van der Waals surface area contributed by atoms with Crippen LogP contribution in [0.1, 0.15) is 20.8 Å². The molecule has 0 aliphatic carbocycles. The molecule has 1 heterocycles. The molecule has 0 saturated carbocycles. The van der Waals surface area contributed by atoms with Gasteiger partial charge in [0.25, 0.3) is 0 Å². The molecule has 22 heavy (non-hydrogen) atoms. The summed E-state index contributed by atoms with van der Waals surface area (Å²) in [6, 6.07) is -0.734. The van der Waals surface area contributed by atoms with E-state index in [1.54, 1.807) is 0 Å². The summed E-state index contributed by atoms with van der Waals surface area (Å²) >= 11 is 0. The zero-order chi connectivity index (χ0) is 16.7. The minimum absolute atomic E-state index is 0.133. The number of ether oxygens (including phenoxy) is 3. The van der Waals surface area contributed by atoms with Crippen molar-refractivity contribution < 1.29 is 28.2 Å². The van der Waals surface area contributed by atoms with Crippen LogP contribution in [0, 0.1) is 0 Å². The van der Waals surface area contributed by atoms with E-state index < -0.39 is 36.5 Å². The summed E-state index contributed by atoms with van der Waals surface area (Å²) in [7, 11) is 1.40. The Hall–Kier alpha value is -2.19. The van der Waals surface area contributed by atoms with Gasteiger partial charge < -0.3 is 14.2 Å². The largest absolute Gasteiger partial charge is 0.491 e. The van der Waals surface area contributed by atoms with Crippen LogP contribution in [0.2, 0.25) is 0 Å². The van der Waals surface area contributed by atoms with Gasteiger partial charge in [-0.2, -0.15) is 5.11 Å². The fraction of sp³-hybridized carbons (Fsp3) is 0.692. The van der Waals surface area contributed by atoms with Gasteiger partial charge in [0.15, 0.2) is 18.5 Å². The molecule has 1 aliphatic rings. The van der Waals surface area contributed by atoms with Gasteiger partial charge in [-0.05, 0) is 13.0 Å². The van der Waals surface area contributed by atoms with Gasteiger partial charge in [0.1, 0.15) is 12.6 Å². The predicted octanol–water partition coefficient (Wildman–Crippen LogP) is 1.38. The first-order valence-electron chi connectivity index (χ1n) is 6.71. The minimum atomic E-state index is -1.47. The molecule has 4 atom stereocenters. The monoisotopic (exact) mass is 317 g/mol. The molecule has 9 heteroatoms. The number of rotatable bonds is 6. The molecular weight excluding hydrogens is 297 g/mol. The first-order valence-corrected chi connectivity index (χ1v) is 6.71. The van der Waals surface area contributed by atoms with Gasteiger partial charge in [-0.15, -0.1) is 0 Å². The molecule has 0 saturated heterocycles. The average molecular weight is 317 g/mol. The summed E-state index contributed by atoms with van der Waals surface area (Å²) in [5, 5.41) is 8.32. The number of carbonyl (C=O) groups excluding carboxylic acids is 2. The lowest BCUT2D eigenvalue weighted by Crippen LogP contribution is -2.53. The first kappa shape index (κ1) is 17.9. The molecule has 1 aliphatic heterocycles. The summed E-state index contributed by atoms with van der Waals surface area (Å²) in [6.07, 6.45) is -0.298. The molecule has 0 amide bonds. The molecule has 0 aromatic rings. The van der Waals surface area contributed by atoms with Gasteiger partial charge in [0.05, 0.1) is 13.3 Å². The fourth-order valence-electron chi connectivity index (χ4n) is 2.01. The van der Waals surface area contributed by atoms with E-state index in [0.717, 1.165) is 5.01 Å². The second-order valence-corrected chi connectivity index (χ2v) is 4.61. The second kappa shape index (κ2) is 8.30. The van der Waals surface area contributed by atoms with E-state index in [9.17, 15) is 14.0 Å². The number of alkyl halides is 1. The van der Waals surface area contributed by atoms with Crippen LogP contribution in [-0.4, -0.2) is 55.1 Å². The highest BCUT2D eigenvalue weighted by Gasteiger charge is 2.40. The summed E-state index contributed by atoms with van der Waals surface area (Å²) in [5.74, 6) is -1.07. The molecule has 0 fully saturated rings. The lowest BCUT2D eigenvalue weighted by atomic mass is 10.0. The zero-order valence-electron chi connectivity index (χ0n) is 12.9. The molecule has 0 bridgehead atoms. The van der Waals surface area contributed by atoms with Crippen LogP contribution in [0.15, 0.2) is 22.7 Å². The van der Waals surface area contributed by atoms with Crippen LogP contribution in [0.3, 0.4) is 0 Å². The summed E-state index contributed by atoms with van der Waals surface area (Å²) in [5.41, 5.74) is 0. The number of nitrogens with zero attached hydrogens (tertiary/aromatic N) is 3. The van der Waals surface area contributed by atoms with Crippen molar-refractivity contribution >= 4 is 11.9 Å².